The highest BCUT2D eigenvalue weighted by atomic mass is 32.1. The zero-order valence-corrected chi connectivity index (χ0v) is 9.95. The molecule has 5 N–H and O–H groups in total. The molecule has 3 rings (SSSR count). The topological polar surface area (TPSA) is 85.2 Å². The van der Waals surface area contributed by atoms with Crippen LogP contribution in [-0.2, 0) is 5.60 Å². The normalized spacial score (nSPS) is 27.1. The van der Waals surface area contributed by atoms with E-state index in [-0.39, 0.29) is 6.04 Å². The van der Waals surface area contributed by atoms with E-state index in [1.807, 2.05) is 24.3 Å². The predicted molar refractivity (Wildman–Crippen MR) is 67.5 cm³/mol. The van der Waals surface area contributed by atoms with Crippen LogP contribution in [0.15, 0.2) is 30.5 Å². The predicted octanol–water partition coefficient (Wildman–Crippen LogP) is 1.36. The molecule has 0 aliphatic heterocycles. The molecule has 0 saturated carbocycles. The number of aromatic nitrogens is 1. The molecule has 1 heterocycles. The van der Waals surface area contributed by atoms with Crippen LogP contribution in [0.1, 0.15) is 28.5 Å². The molecule has 1 aliphatic carbocycles. The summed E-state index contributed by atoms with van der Waals surface area (Å²) in [5, 5.41) is 11.3. The van der Waals surface area contributed by atoms with Crippen LogP contribution in [0.25, 0.3) is 0 Å². The van der Waals surface area contributed by atoms with Gasteiger partial charge in [-0.3, -0.25) is 0 Å². The lowest BCUT2D eigenvalue weighted by Crippen LogP contribution is -2.23. The van der Waals surface area contributed by atoms with Crippen molar-refractivity contribution in [1.82, 2.24) is 4.98 Å². The first-order valence-electron chi connectivity index (χ1n) is 5.40. The fraction of sp³-hybridized carbons (Fsp3) is 0.250. The Morgan fingerprint density at radius 2 is 2.18 bits per heavy atom. The van der Waals surface area contributed by atoms with E-state index < -0.39 is 5.60 Å². The second kappa shape index (κ2) is 3.53. The fourth-order valence-corrected chi connectivity index (χ4v) is 3.25. The van der Waals surface area contributed by atoms with Gasteiger partial charge in [0, 0.05) is 18.7 Å². The number of hydrogen-bond acceptors (Lipinski definition) is 5. The van der Waals surface area contributed by atoms with E-state index in [9.17, 15) is 5.11 Å². The summed E-state index contributed by atoms with van der Waals surface area (Å²) in [5.74, 6) is 0. The fourth-order valence-electron chi connectivity index (χ4n) is 2.45. The van der Waals surface area contributed by atoms with Crippen LogP contribution >= 0.6 is 11.3 Å². The summed E-state index contributed by atoms with van der Waals surface area (Å²) in [6.07, 6.45) is 2.11. The number of nitrogen functional groups attached to an aromatic ring is 1. The molecule has 0 saturated heterocycles. The van der Waals surface area contributed by atoms with Gasteiger partial charge in [0.15, 0.2) is 5.13 Å². The van der Waals surface area contributed by atoms with E-state index in [1.54, 1.807) is 6.20 Å². The average molecular weight is 247 g/mol. The van der Waals surface area contributed by atoms with Gasteiger partial charge < -0.3 is 16.6 Å². The Balaban J connectivity index is 2.17. The van der Waals surface area contributed by atoms with E-state index in [1.165, 1.54) is 11.3 Å². The van der Waals surface area contributed by atoms with Gasteiger partial charge in [-0.2, -0.15) is 0 Å². The summed E-state index contributed by atoms with van der Waals surface area (Å²) in [7, 11) is 0. The number of nitrogens with two attached hydrogens (primary N) is 2. The van der Waals surface area contributed by atoms with E-state index in [0.717, 1.165) is 16.0 Å². The standard InChI is InChI=1S/C12H13N3OS/c13-9-5-12(16,10-6-15-11(14)17-10)8-4-2-1-3-7(8)9/h1-4,6,9,16H,5,13H2,(H2,14,15). The Labute approximate surface area is 103 Å². The minimum Gasteiger partial charge on any atom is -0.379 e. The number of anilines is 1. The monoisotopic (exact) mass is 247 g/mol. The highest BCUT2D eigenvalue weighted by Crippen LogP contribution is 2.47. The van der Waals surface area contributed by atoms with Crippen molar-refractivity contribution in [2.45, 2.75) is 18.1 Å². The van der Waals surface area contributed by atoms with Crippen LogP contribution in [0.5, 0.6) is 0 Å². The third-order valence-electron chi connectivity index (χ3n) is 3.25. The van der Waals surface area contributed by atoms with E-state index in [0.29, 0.717) is 11.6 Å². The maximum atomic E-state index is 10.8. The Morgan fingerprint density at radius 3 is 2.88 bits per heavy atom. The van der Waals surface area contributed by atoms with Gasteiger partial charge in [-0.15, -0.1) is 0 Å². The zero-order valence-electron chi connectivity index (χ0n) is 9.13. The van der Waals surface area contributed by atoms with Crippen molar-refractivity contribution in [3.63, 3.8) is 0 Å². The highest BCUT2D eigenvalue weighted by Gasteiger charge is 2.43. The molecule has 5 heteroatoms. The summed E-state index contributed by atoms with van der Waals surface area (Å²) in [6.45, 7) is 0. The molecular weight excluding hydrogens is 234 g/mol. The molecule has 0 radical (unpaired) electrons. The maximum Gasteiger partial charge on any atom is 0.180 e. The molecule has 2 unspecified atom stereocenters. The Morgan fingerprint density at radius 1 is 1.41 bits per heavy atom. The third kappa shape index (κ3) is 1.47. The van der Waals surface area contributed by atoms with E-state index in [4.69, 9.17) is 11.5 Å². The summed E-state index contributed by atoms with van der Waals surface area (Å²) >= 11 is 1.31. The van der Waals surface area contributed by atoms with Crippen molar-refractivity contribution < 1.29 is 5.11 Å². The van der Waals surface area contributed by atoms with Crippen molar-refractivity contribution >= 4 is 16.5 Å². The number of benzene rings is 1. The molecule has 1 aliphatic rings. The first-order valence-corrected chi connectivity index (χ1v) is 6.22. The summed E-state index contributed by atoms with van der Waals surface area (Å²) in [6, 6.07) is 7.58. The molecule has 0 amide bonds. The lowest BCUT2D eigenvalue weighted by molar-refractivity contribution is 0.0812. The number of rotatable bonds is 1. The molecule has 1 aromatic heterocycles. The van der Waals surface area contributed by atoms with Crippen LogP contribution in [0.4, 0.5) is 5.13 Å². The third-order valence-corrected chi connectivity index (χ3v) is 4.23. The molecule has 88 valence electrons. The minimum atomic E-state index is -1.04. The van der Waals surface area contributed by atoms with Crippen LogP contribution in [0, 0.1) is 0 Å². The summed E-state index contributed by atoms with van der Waals surface area (Å²) < 4.78 is 0. The van der Waals surface area contributed by atoms with Gasteiger partial charge in [-0.05, 0) is 11.1 Å². The van der Waals surface area contributed by atoms with Crippen molar-refractivity contribution in [3.05, 3.63) is 46.5 Å². The molecule has 0 bridgehead atoms. The Hall–Kier alpha value is -1.43. The molecular formula is C12H13N3OS. The first kappa shape index (κ1) is 10.7. The lowest BCUT2D eigenvalue weighted by atomic mass is 9.95. The highest BCUT2D eigenvalue weighted by molar-refractivity contribution is 7.15. The average Bonchev–Trinajstić information content (AvgIpc) is 2.85. The van der Waals surface area contributed by atoms with Crippen LogP contribution < -0.4 is 11.5 Å². The van der Waals surface area contributed by atoms with Crippen LogP contribution in [0.2, 0.25) is 0 Å². The zero-order chi connectivity index (χ0) is 12.0. The van der Waals surface area contributed by atoms with Crippen molar-refractivity contribution in [2.75, 3.05) is 5.73 Å². The second-order valence-corrected chi connectivity index (χ2v) is 5.38. The van der Waals surface area contributed by atoms with E-state index in [2.05, 4.69) is 4.98 Å². The van der Waals surface area contributed by atoms with Gasteiger partial charge in [-0.1, -0.05) is 35.6 Å². The SMILES string of the molecule is Nc1ncc(C2(O)CC(N)c3ccccc32)s1. The van der Waals surface area contributed by atoms with E-state index >= 15 is 0 Å². The van der Waals surface area contributed by atoms with Gasteiger partial charge in [0.1, 0.15) is 5.60 Å². The number of fused-ring (bicyclic) bond motifs is 1. The van der Waals surface area contributed by atoms with Crippen molar-refractivity contribution in [3.8, 4) is 0 Å². The molecule has 1 aromatic carbocycles. The number of hydrogen-bond donors (Lipinski definition) is 3. The Kier molecular flexibility index (Phi) is 2.22. The largest absolute Gasteiger partial charge is 0.379 e. The van der Waals surface area contributed by atoms with Crippen LogP contribution in [-0.4, -0.2) is 10.1 Å². The second-order valence-electron chi connectivity index (χ2n) is 4.32. The summed E-state index contributed by atoms with van der Waals surface area (Å²) in [5.41, 5.74) is 12.5. The minimum absolute atomic E-state index is 0.139. The Bertz CT molecular complexity index is 568. The van der Waals surface area contributed by atoms with Gasteiger partial charge in [-0.25, -0.2) is 4.98 Å². The molecule has 0 fully saturated rings. The number of thiazole rings is 1. The quantitative estimate of drug-likeness (QED) is 0.710. The molecule has 17 heavy (non-hydrogen) atoms. The van der Waals surface area contributed by atoms with Gasteiger partial charge in [0.25, 0.3) is 0 Å². The lowest BCUT2D eigenvalue weighted by Gasteiger charge is -2.21. The number of aliphatic hydroxyl groups is 1. The van der Waals surface area contributed by atoms with Gasteiger partial charge in [0.2, 0.25) is 0 Å². The van der Waals surface area contributed by atoms with Gasteiger partial charge in [0.05, 0.1) is 4.88 Å². The van der Waals surface area contributed by atoms with Crippen molar-refractivity contribution in [1.29, 1.82) is 0 Å². The summed E-state index contributed by atoms with van der Waals surface area (Å²) in [4.78, 5) is 4.76. The smallest absolute Gasteiger partial charge is 0.180 e. The molecule has 0 spiro atoms. The molecule has 2 aromatic rings. The molecule has 4 nitrogen and oxygen atoms in total. The number of nitrogens with zero attached hydrogens (tertiary/aromatic N) is 1. The first-order chi connectivity index (χ1) is 8.11. The molecule has 2 atom stereocenters. The van der Waals surface area contributed by atoms with Crippen molar-refractivity contribution in [2.24, 2.45) is 5.73 Å². The van der Waals surface area contributed by atoms with Gasteiger partial charge >= 0.3 is 0 Å². The maximum absolute atomic E-state index is 10.8. The van der Waals surface area contributed by atoms with Crippen LogP contribution in [0.3, 0.4) is 0 Å².